The summed E-state index contributed by atoms with van der Waals surface area (Å²) in [5.41, 5.74) is -0.825. The van der Waals surface area contributed by atoms with Gasteiger partial charge >= 0.3 is 6.09 Å². The van der Waals surface area contributed by atoms with Gasteiger partial charge in [0.25, 0.3) is 0 Å². The Hall–Kier alpha value is -1.39. The fourth-order valence-corrected chi connectivity index (χ4v) is 7.80. The average Bonchev–Trinajstić information content (AvgIpc) is 3.73. The summed E-state index contributed by atoms with van der Waals surface area (Å²) < 4.78 is 41.4. The monoisotopic (exact) mass is 495 g/mol. The maximum absolute atomic E-state index is 13.9. The lowest BCUT2D eigenvalue weighted by Gasteiger charge is -2.44. The molecule has 0 spiro atoms. The highest BCUT2D eigenvalue weighted by Crippen LogP contribution is 2.50. The number of ether oxygens (including phenoxy) is 2. The predicted molar refractivity (Wildman–Crippen MR) is 122 cm³/mol. The molecule has 0 aromatic heterocycles. The quantitative estimate of drug-likeness (QED) is 0.675. The number of halogens is 1. The van der Waals surface area contributed by atoms with Crippen molar-refractivity contribution in [3.05, 3.63) is 29.3 Å². The standard InChI is InChI=1S/C23H30ClN3O5S/c24-16-3-7-19(8-4-16)33(29,30)27-20(15-1-2-15)13-31-14-21(27)23(9-10-23)32-22(28)26-11-17-5-6-18(12-26)25-17/h3-4,7-8,15,17-18,20-21,25H,1-2,5-6,9-14H2/t17?,18?,20-,21+/m0/s1. The summed E-state index contributed by atoms with van der Waals surface area (Å²) in [5.74, 6) is 0.283. The van der Waals surface area contributed by atoms with Crippen LogP contribution in [0, 0.1) is 5.92 Å². The molecule has 3 aliphatic heterocycles. The third-order valence-electron chi connectivity index (χ3n) is 7.87. The van der Waals surface area contributed by atoms with Crippen LogP contribution in [-0.2, 0) is 19.5 Å². The molecule has 6 rings (SSSR count). The van der Waals surface area contributed by atoms with Crippen LogP contribution < -0.4 is 5.32 Å². The Morgan fingerprint density at radius 2 is 1.73 bits per heavy atom. The predicted octanol–water partition coefficient (Wildman–Crippen LogP) is 2.61. The summed E-state index contributed by atoms with van der Waals surface area (Å²) in [7, 11) is -3.81. The van der Waals surface area contributed by atoms with E-state index in [0.717, 1.165) is 25.7 Å². The van der Waals surface area contributed by atoms with Crippen molar-refractivity contribution in [2.75, 3.05) is 26.3 Å². The molecule has 3 heterocycles. The van der Waals surface area contributed by atoms with Crippen molar-refractivity contribution in [3.63, 3.8) is 0 Å². The molecule has 1 amide bonds. The molecule has 5 aliphatic rings. The van der Waals surface area contributed by atoms with E-state index in [1.54, 1.807) is 33.5 Å². The van der Waals surface area contributed by atoms with Crippen LogP contribution in [0.4, 0.5) is 4.79 Å². The highest BCUT2D eigenvalue weighted by molar-refractivity contribution is 7.89. The third-order valence-corrected chi connectivity index (χ3v) is 10.1. The number of amides is 1. The minimum Gasteiger partial charge on any atom is -0.441 e. The molecule has 1 aromatic rings. The lowest BCUT2D eigenvalue weighted by atomic mass is 10.0. The summed E-state index contributed by atoms with van der Waals surface area (Å²) in [5, 5.41) is 4.01. The van der Waals surface area contributed by atoms with E-state index in [1.807, 2.05) is 0 Å². The van der Waals surface area contributed by atoms with Crippen LogP contribution in [0.25, 0.3) is 0 Å². The van der Waals surface area contributed by atoms with Gasteiger partial charge in [0.15, 0.2) is 0 Å². The summed E-state index contributed by atoms with van der Waals surface area (Å²) in [6, 6.07) is 6.18. The second kappa shape index (κ2) is 8.09. The number of hydrogen-bond donors (Lipinski definition) is 1. The number of fused-ring (bicyclic) bond motifs is 2. The molecule has 0 radical (unpaired) electrons. The van der Waals surface area contributed by atoms with E-state index in [0.29, 0.717) is 49.6 Å². The first-order chi connectivity index (χ1) is 15.9. The van der Waals surface area contributed by atoms with E-state index in [4.69, 9.17) is 21.1 Å². The van der Waals surface area contributed by atoms with E-state index in [1.165, 1.54) is 0 Å². The van der Waals surface area contributed by atoms with Crippen molar-refractivity contribution in [3.8, 4) is 0 Å². The van der Waals surface area contributed by atoms with E-state index in [2.05, 4.69) is 5.32 Å². The molecule has 4 atom stereocenters. The summed E-state index contributed by atoms with van der Waals surface area (Å²) >= 11 is 6.01. The van der Waals surface area contributed by atoms with E-state index in [-0.39, 0.29) is 29.6 Å². The van der Waals surface area contributed by atoms with Gasteiger partial charge in [0.05, 0.1) is 30.2 Å². The number of piperazine rings is 1. The zero-order valence-corrected chi connectivity index (χ0v) is 20.1. The average molecular weight is 496 g/mol. The van der Waals surface area contributed by atoms with Gasteiger partial charge < -0.3 is 19.7 Å². The number of carbonyl (C=O) groups excluding carboxylic acids is 1. The van der Waals surface area contributed by atoms with Gasteiger partial charge in [0, 0.05) is 30.2 Å². The van der Waals surface area contributed by atoms with Crippen LogP contribution >= 0.6 is 11.6 Å². The van der Waals surface area contributed by atoms with Crippen LogP contribution in [0.5, 0.6) is 0 Å². The fraction of sp³-hybridized carbons (Fsp3) is 0.696. The Labute approximate surface area is 199 Å². The first kappa shape index (κ1) is 22.1. The van der Waals surface area contributed by atoms with Gasteiger partial charge in [-0.15, -0.1) is 0 Å². The Morgan fingerprint density at radius 3 is 2.33 bits per heavy atom. The Bertz CT molecular complexity index is 1020. The van der Waals surface area contributed by atoms with Crippen molar-refractivity contribution in [1.29, 1.82) is 0 Å². The van der Waals surface area contributed by atoms with Gasteiger partial charge in [-0.3, -0.25) is 0 Å². The topological polar surface area (TPSA) is 88.2 Å². The van der Waals surface area contributed by atoms with E-state index in [9.17, 15) is 13.2 Å². The lowest BCUT2D eigenvalue weighted by Crippen LogP contribution is -2.62. The molecule has 10 heteroatoms. The van der Waals surface area contributed by atoms with Crippen LogP contribution in [0.1, 0.15) is 38.5 Å². The minimum absolute atomic E-state index is 0.213. The number of carbonyl (C=O) groups is 1. The van der Waals surface area contributed by atoms with Crippen LogP contribution in [0.15, 0.2) is 29.2 Å². The number of benzene rings is 1. The molecule has 8 nitrogen and oxygen atoms in total. The first-order valence-corrected chi connectivity index (χ1v) is 13.8. The number of hydrogen-bond acceptors (Lipinski definition) is 6. The van der Waals surface area contributed by atoms with Crippen LogP contribution in [0.3, 0.4) is 0 Å². The smallest absolute Gasteiger partial charge is 0.410 e. The molecule has 2 saturated carbocycles. The molecule has 3 saturated heterocycles. The SMILES string of the molecule is O=C(OC1([C@H]2COC[C@@H](C3CC3)N2S(=O)(=O)c2ccc(Cl)cc2)CC1)N1CC2CCC(C1)N2. The van der Waals surface area contributed by atoms with Crippen molar-refractivity contribution in [2.45, 2.75) is 73.2 Å². The number of sulfonamides is 1. The highest BCUT2D eigenvalue weighted by Gasteiger charge is 2.62. The lowest BCUT2D eigenvalue weighted by molar-refractivity contribution is -0.0762. The molecule has 2 unspecified atom stereocenters. The normalized spacial score (nSPS) is 33.7. The molecule has 5 fully saturated rings. The molecule has 1 aromatic carbocycles. The number of rotatable bonds is 5. The molecule has 1 N–H and O–H groups in total. The molecule has 33 heavy (non-hydrogen) atoms. The van der Waals surface area contributed by atoms with Gasteiger partial charge in [-0.1, -0.05) is 11.6 Å². The Kier molecular flexibility index (Phi) is 5.41. The van der Waals surface area contributed by atoms with Crippen molar-refractivity contribution in [1.82, 2.24) is 14.5 Å². The van der Waals surface area contributed by atoms with Crippen molar-refractivity contribution < 1.29 is 22.7 Å². The molecular weight excluding hydrogens is 466 g/mol. The van der Waals surface area contributed by atoms with Gasteiger partial charge in [0.1, 0.15) is 5.60 Å². The Balaban J connectivity index is 1.28. The van der Waals surface area contributed by atoms with Gasteiger partial charge in [-0.25, -0.2) is 13.2 Å². The zero-order valence-electron chi connectivity index (χ0n) is 18.5. The van der Waals surface area contributed by atoms with Gasteiger partial charge in [0.2, 0.25) is 10.0 Å². The minimum atomic E-state index is -3.81. The maximum atomic E-state index is 13.9. The van der Waals surface area contributed by atoms with Crippen LogP contribution in [-0.4, -0.2) is 79.8 Å². The first-order valence-electron chi connectivity index (χ1n) is 12.0. The molecule has 180 valence electrons. The molecule has 2 bridgehead atoms. The summed E-state index contributed by atoms with van der Waals surface area (Å²) in [6.45, 7) is 1.89. The number of likely N-dealkylation sites (tertiary alicyclic amines) is 1. The molecular formula is C23H30ClN3O5S. The zero-order chi connectivity index (χ0) is 22.8. The summed E-state index contributed by atoms with van der Waals surface area (Å²) in [6.07, 6.45) is 5.10. The van der Waals surface area contributed by atoms with Gasteiger partial charge in [-0.2, -0.15) is 4.31 Å². The summed E-state index contributed by atoms with van der Waals surface area (Å²) in [4.78, 5) is 15.2. The second-order valence-corrected chi connectivity index (χ2v) is 12.5. The highest BCUT2D eigenvalue weighted by atomic mass is 35.5. The Morgan fingerprint density at radius 1 is 1.06 bits per heavy atom. The second-order valence-electron chi connectivity index (χ2n) is 10.2. The maximum Gasteiger partial charge on any atom is 0.410 e. The van der Waals surface area contributed by atoms with Crippen molar-refractivity contribution in [2.24, 2.45) is 5.92 Å². The number of nitrogens with zero attached hydrogens (tertiary/aromatic N) is 2. The number of nitrogens with one attached hydrogen (secondary N) is 1. The number of morpholine rings is 1. The van der Waals surface area contributed by atoms with Crippen molar-refractivity contribution >= 4 is 27.7 Å². The fourth-order valence-electron chi connectivity index (χ4n) is 5.77. The van der Waals surface area contributed by atoms with Crippen LogP contribution in [0.2, 0.25) is 5.02 Å². The van der Waals surface area contributed by atoms with E-state index >= 15 is 0 Å². The molecule has 2 aliphatic carbocycles. The largest absolute Gasteiger partial charge is 0.441 e. The van der Waals surface area contributed by atoms with Gasteiger partial charge in [-0.05, 0) is 68.7 Å². The third kappa shape index (κ3) is 4.05. The van der Waals surface area contributed by atoms with E-state index < -0.39 is 21.7 Å².